The van der Waals surface area contributed by atoms with E-state index in [4.69, 9.17) is 0 Å². The highest BCUT2D eigenvalue weighted by atomic mass is 32.2. The quantitative estimate of drug-likeness (QED) is 0.781. The van der Waals surface area contributed by atoms with Gasteiger partial charge in [-0.05, 0) is 13.8 Å². The molecule has 1 aromatic heterocycles. The van der Waals surface area contributed by atoms with E-state index in [0.717, 1.165) is 17.8 Å². The molecule has 1 saturated heterocycles. The van der Waals surface area contributed by atoms with Gasteiger partial charge < -0.3 is 15.2 Å². The molecule has 1 unspecified atom stereocenters. The number of H-pyrrole nitrogens is 1. The molecule has 0 spiro atoms. The standard InChI is InChI=1S/C13H18N4O2S/c1-13(2)12(19)16-10(6-20-13)11(18)17-4-3-8-9(5-17)15-7-14-8/h7,10H,3-6H2,1-2H3,(H,14,15)(H,16,19). The molecule has 1 atom stereocenters. The van der Waals surface area contributed by atoms with Gasteiger partial charge in [0.15, 0.2) is 0 Å². The van der Waals surface area contributed by atoms with Gasteiger partial charge in [-0.25, -0.2) is 4.98 Å². The van der Waals surface area contributed by atoms with Crippen molar-refractivity contribution in [3.63, 3.8) is 0 Å². The third-order valence-corrected chi connectivity index (χ3v) is 5.25. The van der Waals surface area contributed by atoms with Crippen molar-refractivity contribution < 1.29 is 9.59 Å². The molecule has 0 radical (unpaired) electrons. The van der Waals surface area contributed by atoms with Crippen molar-refractivity contribution in [2.75, 3.05) is 12.3 Å². The second kappa shape index (κ2) is 4.80. The summed E-state index contributed by atoms with van der Waals surface area (Å²) in [6.07, 6.45) is 2.43. The number of rotatable bonds is 1. The Bertz CT molecular complexity index is 554. The number of imidazole rings is 1. The van der Waals surface area contributed by atoms with Gasteiger partial charge in [0, 0.05) is 18.7 Å². The lowest BCUT2D eigenvalue weighted by molar-refractivity contribution is -0.137. The summed E-state index contributed by atoms with van der Waals surface area (Å²) in [5, 5.41) is 2.84. The maximum atomic E-state index is 12.5. The van der Waals surface area contributed by atoms with Crippen LogP contribution in [0, 0.1) is 0 Å². The highest BCUT2D eigenvalue weighted by molar-refractivity contribution is 8.01. The molecule has 1 aromatic rings. The average molecular weight is 294 g/mol. The minimum Gasteiger partial charge on any atom is -0.347 e. The number of aromatic amines is 1. The van der Waals surface area contributed by atoms with Crippen LogP contribution < -0.4 is 5.32 Å². The maximum absolute atomic E-state index is 12.5. The molecule has 0 aliphatic carbocycles. The van der Waals surface area contributed by atoms with Gasteiger partial charge in [0.25, 0.3) is 0 Å². The van der Waals surface area contributed by atoms with Crippen LogP contribution in [-0.4, -0.2) is 49.8 Å². The van der Waals surface area contributed by atoms with Gasteiger partial charge in [-0.15, -0.1) is 11.8 Å². The second-order valence-corrected chi connectivity index (χ2v) is 7.33. The zero-order chi connectivity index (χ0) is 14.3. The van der Waals surface area contributed by atoms with Gasteiger partial charge >= 0.3 is 0 Å². The Balaban J connectivity index is 1.67. The molecule has 0 bridgehead atoms. The fourth-order valence-corrected chi connectivity index (χ4v) is 3.48. The Kier molecular flexibility index (Phi) is 3.24. The van der Waals surface area contributed by atoms with Gasteiger partial charge in [-0.1, -0.05) is 0 Å². The first-order chi connectivity index (χ1) is 9.47. The molecular formula is C13H18N4O2S. The lowest BCUT2D eigenvalue weighted by Crippen LogP contribution is -2.58. The van der Waals surface area contributed by atoms with Crippen molar-refractivity contribution in [3.8, 4) is 0 Å². The Labute approximate surface area is 121 Å². The summed E-state index contributed by atoms with van der Waals surface area (Å²) in [5.41, 5.74) is 2.04. The van der Waals surface area contributed by atoms with E-state index in [2.05, 4.69) is 15.3 Å². The highest BCUT2D eigenvalue weighted by Crippen LogP contribution is 2.30. The van der Waals surface area contributed by atoms with Crippen LogP contribution in [0.2, 0.25) is 0 Å². The normalized spacial score (nSPS) is 25.0. The number of carbonyl (C=O) groups is 2. The fourth-order valence-electron chi connectivity index (χ4n) is 2.48. The maximum Gasteiger partial charge on any atom is 0.246 e. The highest BCUT2D eigenvalue weighted by Gasteiger charge is 2.39. The van der Waals surface area contributed by atoms with Gasteiger partial charge in [0.1, 0.15) is 6.04 Å². The molecule has 2 aliphatic rings. The molecule has 2 aliphatic heterocycles. The van der Waals surface area contributed by atoms with E-state index in [1.165, 1.54) is 11.8 Å². The Morgan fingerprint density at radius 1 is 1.55 bits per heavy atom. The molecule has 6 nitrogen and oxygen atoms in total. The smallest absolute Gasteiger partial charge is 0.246 e. The molecule has 20 heavy (non-hydrogen) atoms. The second-order valence-electron chi connectivity index (χ2n) is 5.68. The number of hydrogen-bond donors (Lipinski definition) is 2. The van der Waals surface area contributed by atoms with Crippen LogP contribution in [0.4, 0.5) is 0 Å². The first-order valence-electron chi connectivity index (χ1n) is 6.72. The lowest BCUT2D eigenvalue weighted by atomic mass is 10.1. The van der Waals surface area contributed by atoms with Crippen LogP contribution >= 0.6 is 11.8 Å². The van der Waals surface area contributed by atoms with E-state index in [1.807, 2.05) is 13.8 Å². The number of carbonyl (C=O) groups excluding carboxylic acids is 2. The molecule has 108 valence electrons. The molecule has 1 fully saturated rings. The molecule has 0 aromatic carbocycles. The van der Waals surface area contributed by atoms with Crippen molar-refractivity contribution in [2.45, 2.75) is 37.6 Å². The van der Waals surface area contributed by atoms with Crippen molar-refractivity contribution in [1.82, 2.24) is 20.2 Å². The van der Waals surface area contributed by atoms with Crippen LogP contribution in [0.1, 0.15) is 25.2 Å². The summed E-state index contributed by atoms with van der Waals surface area (Å²) >= 11 is 1.54. The largest absolute Gasteiger partial charge is 0.347 e. The summed E-state index contributed by atoms with van der Waals surface area (Å²) in [7, 11) is 0. The average Bonchev–Trinajstić information content (AvgIpc) is 2.88. The predicted molar refractivity (Wildman–Crippen MR) is 76.2 cm³/mol. The van der Waals surface area contributed by atoms with Crippen LogP contribution in [0.3, 0.4) is 0 Å². The first kappa shape index (κ1) is 13.5. The van der Waals surface area contributed by atoms with Crippen molar-refractivity contribution in [2.24, 2.45) is 0 Å². The SMILES string of the molecule is CC1(C)SCC(C(=O)N2CCc3nc[nH]c3C2)NC1=O. The number of aromatic nitrogens is 2. The number of thioether (sulfide) groups is 1. The lowest BCUT2D eigenvalue weighted by Gasteiger charge is -2.36. The Hall–Kier alpha value is -1.50. The molecule has 7 heteroatoms. The van der Waals surface area contributed by atoms with E-state index in [-0.39, 0.29) is 11.8 Å². The minimum atomic E-state index is -0.449. The van der Waals surface area contributed by atoms with Gasteiger partial charge in [-0.3, -0.25) is 9.59 Å². The number of nitrogens with one attached hydrogen (secondary N) is 2. The van der Waals surface area contributed by atoms with E-state index >= 15 is 0 Å². The first-order valence-corrected chi connectivity index (χ1v) is 7.71. The van der Waals surface area contributed by atoms with Crippen molar-refractivity contribution >= 4 is 23.6 Å². The van der Waals surface area contributed by atoms with Crippen molar-refractivity contribution in [1.29, 1.82) is 0 Å². The van der Waals surface area contributed by atoms with E-state index in [1.54, 1.807) is 11.2 Å². The third kappa shape index (κ3) is 2.30. The van der Waals surface area contributed by atoms with Crippen LogP contribution in [0.25, 0.3) is 0 Å². The summed E-state index contributed by atoms with van der Waals surface area (Å²) in [5.74, 6) is 0.567. The van der Waals surface area contributed by atoms with E-state index in [0.29, 0.717) is 18.8 Å². The Morgan fingerprint density at radius 2 is 2.35 bits per heavy atom. The van der Waals surface area contributed by atoms with Gasteiger partial charge in [0.2, 0.25) is 11.8 Å². The zero-order valence-corrected chi connectivity index (χ0v) is 12.4. The summed E-state index contributed by atoms with van der Waals surface area (Å²) in [6.45, 7) is 4.97. The number of hydrogen-bond acceptors (Lipinski definition) is 4. The van der Waals surface area contributed by atoms with Crippen LogP contribution in [0.15, 0.2) is 6.33 Å². The molecule has 3 heterocycles. The van der Waals surface area contributed by atoms with E-state index in [9.17, 15) is 9.59 Å². The summed E-state index contributed by atoms with van der Waals surface area (Å²) in [4.78, 5) is 33.5. The number of nitrogens with zero attached hydrogens (tertiary/aromatic N) is 2. The molecule has 2 N–H and O–H groups in total. The van der Waals surface area contributed by atoms with Crippen molar-refractivity contribution in [3.05, 3.63) is 17.7 Å². The van der Waals surface area contributed by atoms with E-state index < -0.39 is 10.8 Å². The molecule has 3 rings (SSSR count). The molecule has 2 amide bonds. The molecular weight excluding hydrogens is 276 g/mol. The fraction of sp³-hybridized carbons (Fsp3) is 0.615. The monoisotopic (exact) mass is 294 g/mol. The number of fused-ring (bicyclic) bond motifs is 1. The third-order valence-electron chi connectivity index (χ3n) is 3.85. The number of amides is 2. The Morgan fingerprint density at radius 3 is 3.10 bits per heavy atom. The molecule has 0 saturated carbocycles. The van der Waals surface area contributed by atoms with Gasteiger partial charge in [-0.2, -0.15) is 0 Å². The topological polar surface area (TPSA) is 78.1 Å². The predicted octanol–water partition coefficient (Wildman–Crippen LogP) is 0.305. The van der Waals surface area contributed by atoms with Crippen LogP contribution in [-0.2, 0) is 22.6 Å². The zero-order valence-electron chi connectivity index (χ0n) is 11.6. The van der Waals surface area contributed by atoms with Gasteiger partial charge in [0.05, 0.1) is 29.0 Å². The van der Waals surface area contributed by atoms with Crippen LogP contribution in [0.5, 0.6) is 0 Å². The minimum absolute atomic E-state index is 0.00148. The summed E-state index contributed by atoms with van der Waals surface area (Å²) in [6, 6.07) is -0.412. The summed E-state index contributed by atoms with van der Waals surface area (Å²) < 4.78 is -0.449.